The Morgan fingerprint density at radius 1 is 1.27 bits per heavy atom. The van der Waals surface area contributed by atoms with Gasteiger partial charge < -0.3 is 5.32 Å². The van der Waals surface area contributed by atoms with Gasteiger partial charge in [-0.15, -0.1) is 11.6 Å². The molecular formula is C11H13ClFNO. The Hall–Kier alpha value is -1.09. The van der Waals surface area contributed by atoms with Crippen LogP contribution in [0.5, 0.6) is 0 Å². The van der Waals surface area contributed by atoms with Crippen molar-refractivity contribution >= 4 is 23.2 Å². The second-order valence-electron chi connectivity index (χ2n) is 3.20. The van der Waals surface area contributed by atoms with E-state index in [2.05, 4.69) is 5.32 Å². The predicted molar refractivity (Wildman–Crippen MR) is 59.6 cm³/mol. The van der Waals surface area contributed by atoms with Gasteiger partial charge in [0, 0.05) is 18.0 Å². The largest absolute Gasteiger partial charge is 0.326 e. The number of carbonyl (C=O) groups excluding carboxylic acids is 1. The summed E-state index contributed by atoms with van der Waals surface area (Å²) in [6.07, 6.45) is 2.05. The standard InChI is InChI=1S/C11H13ClFNO/c12-8-2-1-3-11(15)14-10-6-4-9(13)5-7-10/h4-7H,1-3,8H2,(H,14,15). The molecule has 1 rings (SSSR count). The number of unbranched alkanes of at least 4 members (excludes halogenated alkanes) is 1. The van der Waals surface area contributed by atoms with Crippen molar-refractivity contribution in [2.24, 2.45) is 0 Å². The number of nitrogens with one attached hydrogen (secondary N) is 1. The summed E-state index contributed by atoms with van der Waals surface area (Å²) < 4.78 is 12.5. The van der Waals surface area contributed by atoms with Gasteiger partial charge in [-0.25, -0.2) is 4.39 Å². The van der Waals surface area contributed by atoms with Gasteiger partial charge in [-0.2, -0.15) is 0 Å². The molecule has 0 unspecified atom stereocenters. The van der Waals surface area contributed by atoms with Crippen LogP contribution in [0.1, 0.15) is 19.3 Å². The Kier molecular flexibility index (Phi) is 5.12. The van der Waals surface area contributed by atoms with Gasteiger partial charge in [-0.3, -0.25) is 4.79 Å². The van der Waals surface area contributed by atoms with Gasteiger partial charge in [0.15, 0.2) is 0 Å². The molecule has 0 aliphatic carbocycles. The van der Waals surface area contributed by atoms with Crippen LogP contribution in [-0.2, 0) is 4.79 Å². The van der Waals surface area contributed by atoms with Crippen molar-refractivity contribution in [2.45, 2.75) is 19.3 Å². The Morgan fingerprint density at radius 2 is 1.93 bits per heavy atom. The van der Waals surface area contributed by atoms with Crippen molar-refractivity contribution in [1.82, 2.24) is 0 Å². The molecule has 0 fully saturated rings. The number of carbonyl (C=O) groups is 1. The summed E-state index contributed by atoms with van der Waals surface area (Å²) in [5.74, 6) is 0.200. The fourth-order valence-corrected chi connectivity index (χ4v) is 1.33. The van der Waals surface area contributed by atoms with E-state index >= 15 is 0 Å². The van der Waals surface area contributed by atoms with Gasteiger partial charge >= 0.3 is 0 Å². The molecule has 1 amide bonds. The number of rotatable bonds is 5. The molecule has 0 heterocycles. The molecule has 0 atom stereocenters. The van der Waals surface area contributed by atoms with E-state index in [4.69, 9.17) is 11.6 Å². The lowest BCUT2D eigenvalue weighted by Gasteiger charge is -2.04. The highest BCUT2D eigenvalue weighted by Crippen LogP contribution is 2.09. The first-order valence-corrected chi connectivity index (χ1v) is 5.37. The van der Waals surface area contributed by atoms with Crippen molar-refractivity contribution in [1.29, 1.82) is 0 Å². The van der Waals surface area contributed by atoms with Crippen LogP contribution in [-0.4, -0.2) is 11.8 Å². The number of anilines is 1. The molecule has 2 nitrogen and oxygen atoms in total. The molecule has 0 spiro atoms. The quantitative estimate of drug-likeness (QED) is 0.610. The summed E-state index contributed by atoms with van der Waals surface area (Å²) in [6, 6.07) is 5.70. The number of hydrogen-bond donors (Lipinski definition) is 1. The normalized spacial score (nSPS) is 10.0. The van der Waals surface area contributed by atoms with E-state index < -0.39 is 0 Å². The second-order valence-corrected chi connectivity index (χ2v) is 3.58. The maximum absolute atomic E-state index is 12.5. The number of hydrogen-bond acceptors (Lipinski definition) is 1. The van der Waals surface area contributed by atoms with Gasteiger partial charge in [-0.05, 0) is 37.1 Å². The molecule has 0 aliphatic rings. The van der Waals surface area contributed by atoms with Gasteiger partial charge in [0.25, 0.3) is 0 Å². The monoisotopic (exact) mass is 229 g/mol. The summed E-state index contributed by atoms with van der Waals surface area (Å²) in [4.78, 5) is 11.3. The molecule has 0 aliphatic heterocycles. The zero-order chi connectivity index (χ0) is 11.1. The average molecular weight is 230 g/mol. The Bertz CT molecular complexity index is 313. The second kappa shape index (κ2) is 6.40. The molecule has 4 heteroatoms. The van der Waals surface area contributed by atoms with Gasteiger partial charge in [0.1, 0.15) is 5.82 Å². The van der Waals surface area contributed by atoms with Crippen LogP contribution in [0, 0.1) is 5.82 Å². The Balaban J connectivity index is 2.34. The van der Waals surface area contributed by atoms with Crippen LogP contribution in [0.2, 0.25) is 0 Å². The highest BCUT2D eigenvalue weighted by atomic mass is 35.5. The van der Waals surface area contributed by atoms with Crippen LogP contribution in [0.4, 0.5) is 10.1 Å². The molecule has 1 aromatic rings. The van der Waals surface area contributed by atoms with Crippen LogP contribution in [0.3, 0.4) is 0 Å². The van der Waals surface area contributed by atoms with E-state index in [0.717, 1.165) is 12.8 Å². The molecule has 0 bridgehead atoms. The maximum atomic E-state index is 12.5. The summed E-state index contributed by atoms with van der Waals surface area (Å²) in [7, 11) is 0. The van der Waals surface area contributed by atoms with E-state index in [1.807, 2.05) is 0 Å². The number of alkyl halides is 1. The summed E-state index contributed by atoms with van der Waals surface area (Å²) in [5, 5.41) is 2.68. The minimum atomic E-state index is -0.310. The van der Waals surface area contributed by atoms with Crippen molar-refractivity contribution in [3.8, 4) is 0 Å². The molecule has 0 radical (unpaired) electrons. The van der Waals surface area contributed by atoms with E-state index in [1.54, 1.807) is 0 Å². The van der Waals surface area contributed by atoms with Crippen LogP contribution >= 0.6 is 11.6 Å². The number of benzene rings is 1. The smallest absolute Gasteiger partial charge is 0.224 e. The third-order valence-electron chi connectivity index (χ3n) is 1.92. The van der Waals surface area contributed by atoms with Crippen molar-refractivity contribution in [3.05, 3.63) is 30.1 Å². The van der Waals surface area contributed by atoms with Gasteiger partial charge in [0.2, 0.25) is 5.91 Å². The number of amides is 1. The van der Waals surface area contributed by atoms with E-state index in [0.29, 0.717) is 18.0 Å². The first kappa shape index (κ1) is 12.0. The molecule has 1 N–H and O–H groups in total. The SMILES string of the molecule is O=C(CCCCCl)Nc1ccc(F)cc1. The molecule has 82 valence electrons. The lowest BCUT2D eigenvalue weighted by Crippen LogP contribution is -2.10. The predicted octanol–water partition coefficient (Wildman–Crippen LogP) is 3.17. The Labute approximate surface area is 93.4 Å². The third kappa shape index (κ3) is 4.79. The minimum absolute atomic E-state index is 0.0632. The lowest BCUT2D eigenvalue weighted by molar-refractivity contribution is -0.116. The van der Waals surface area contributed by atoms with Crippen molar-refractivity contribution in [2.75, 3.05) is 11.2 Å². The van der Waals surface area contributed by atoms with Crippen LogP contribution in [0.25, 0.3) is 0 Å². The number of halogens is 2. The summed E-state index contributed by atoms with van der Waals surface area (Å²) in [5.41, 5.74) is 0.618. The summed E-state index contributed by atoms with van der Waals surface area (Å²) >= 11 is 5.49. The lowest BCUT2D eigenvalue weighted by atomic mass is 10.2. The van der Waals surface area contributed by atoms with Crippen molar-refractivity contribution in [3.63, 3.8) is 0 Å². The van der Waals surface area contributed by atoms with Crippen molar-refractivity contribution < 1.29 is 9.18 Å². The summed E-state index contributed by atoms with van der Waals surface area (Å²) in [6.45, 7) is 0. The zero-order valence-corrected chi connectivity index (χ0v) is 9.06. The minimum Gasteiger partial charge on any atom is -0.326 e. The van der Waals surface area contributed by atoms with Crippen LogP contribution in [0.15, 0.2) is 24.3 Å². The first-order chi connectivity index (χ1) is 7.22. The maximum Gasteiger partial charge on any atom is 0.224 e. The van der Waals surface area contributed by atoms with Gasteiger partial charge in [-0.1, -0.05) is 0 Å². The fourth-order valence-electron chi connectivity index (χ4n) is 1.14. The first-order valence-electron chi connectivity index (χ1n) is 4.84. The van der Waals surface area contributed by atoms with E-state index in [9.17, 15) is 9.18 Å². The third-order valence-corrected chi connectivity index (χ3v) is 2.18. The topological polar surface area (TPSA) is 29.1 Å². The molecule has 1 aromatic carbocycles. The molecule has 0 aromatic heterocycles. The van der Waals surface area contributed by atoms with E-state index in [1.165, 1.54) is 24.3 Å². The molecule has 15 heavy (non-hydrogen) atoms. The van der Waals surface area contributed by atoms with Crippen LogP contribution < -0.4 is 5.32 Å². The zero-order valence-electron chi connectivity index (χ0n) is 8.30. The van der Waals surface area contributed by atoms with E-state index in [-0.39, 0.29) is 11.7 Å². The average Bonchev–Trinajstić information content (AvgIpc) is 2.22. The highest BCUT2D eigenvalue weighted by molar-refractivity contribution is 6.17. The van der Waals surface area contributed by atoms with Gasteiger partial charge in [0.05, 0.1) is 0 Å². The molecular weight excluding hydrogens is 217 g/mol. The molecule has 0 saturated carbocycles. The fraction of sp³-hybridized carbons (Fsp3) is 0.364. The Morgan fingerprint density at radius 3 is 2.53 bits per heavy atom. The highest BCUT2D eigenvalue weighted by Gasteiger charge is 2.01. The molecule has 0 saturated heterocycles.